The zero-order chi connectivity index (χ0) is 21.0. The van der Waals surface area contributed by atoms with Gasteiger partial charge in [-0.1, -0.05) is 42.8 Å². The zero-order valence-electron chi connectivity index (χ0n) is 17.6. The van der Waals surface area contributed by atoms with Crippen molar-refractivity contribution >= 4 is 34.5 Å². The Morgan fingerprint density at radius 1 is 1.17 bits per heavy atom. The van der Waals surface area contributed by atoms with Crippen molar-refractivity contribution in [1.82, 2.24) is 25.1 Å². The van der Waals surface area contributed by atoms with Gasteiger partial charge in [0.2, 0.25) is 0 Å². The number of carbonyl (C=O) groups excluding carboxylic acids is 1. The van der Waals surface area contributed by atoms with Gasteiger partial charge in [0.15, 0.2) is 10.8 Å². The number of amides is 1. The van der Waals surface area contributed by atoms with E-state index in [1.165, 1.54) is 11.8 Å². The molecule has 8 heteroatoms. The van der Waals surface area contributed by atoms with Crippen molar-refractivity contribution in [2.45, 2.75) is 39.4 Å². The molecule has 29 heavy (non-hydrogen) atoms. The molecule has 0 atom stereocenters. The number of rotatable bonds is 8. The molecule has 0 radical (unpaired) electrons. The molecule has 154 valence electrons. The molecule has 0 bridgehead atoms. The van der Waals surface area contributed by atoms with Gasteiger partial charge < -0.3 is 10.6 Å². The SMILES string of the molecule is CSc1nc(NCC(C)C)c2cnn(CCNC(=O)c3cc(C)cc(C)c3)c2n1. The molecule has 0 saturated carbocycles. The van der Waals surface area contributed by atoms with Crippen molar-refractivity contribution < 1.29 is 4.79 Å². The molecule has 0 aliphatic rings. The van der Waals surface area contributed by atoms with Crippen LogP contribution in [0.3, 0.4) is 0 Å². The van der Waals surface area contributed by atoms with Crippen molar-refractivity contribution in [2.75, 3.05) is 24.7 Å². The molecule has 2 aromatic heterocycles. The first-order valence-corrected chi connectivity index (χ1v) is 11.0. The standard InChI is InChI=1S/C21H28N6OS/c1-13(2)11-23-18-17-12-24-27(19(17)26-21(25-18)29-5)7-6-22-20(28)16-9-14(3)8-15(4)10-16/h8-10,12-13H,6-7,11H2,1-5H3,(H,22,28)(H,23,25,26). The monoisotopic (exact) mass is 412 g/mol. The topological polar surface area (TPSA) is 84.7 Å². The maximum Gasteiger partial charge on any atom is 0.251 e. The third-order valence-electron chi connectivity index (χ3n) is 4.43. The summed E-state index contributed by atoms with van der Waals surface area (Å²) in [7, 11) is 0. The first-order chi connectivity index (χ1) is 13.9. The Kier molecular flexibility index (Phi) is 6.74. The van der Waals surface area contributed by atoms with E-state index < -0.39 is 0 Å². The summed E-state index contributed by atoms with van der Waals surface area (Å²) in [5.41, 5.74) is 3.61. The quantitative estimate of drug-likeness (QED) is 0.434. The number of aryl methyl sites for hydroxylation is 2. The Morgan fingerprint density at radius 2 is 1.90 bits per heavy atom. The van der Waals surface area contributed by atoms with Crippen LogP contribution in [-0.2, 0) is 6.54 Å². The van der Waals surface area contributed by atoms with E-state index >= 15 is 0 Å². The van der Waals surface area contributed by atoms with Gasteiger partial charge in [0.05, 0.1) is 18.1 Å². The first-order valence-electron chi connectivity index (χ1n) is 9.75. The summed E-state index contributed by atoms with van der Waals surface area (Å²) in [5, 5.41) is 12.4. The number of aromatic nitrogens is 4. The maximum atomic E-state index is 12.5. The van der Waals surface area contributed by atoms with Gasteiger partial charge >= 0.3 is 0 Å². The molecule has 1 amide bonds. The summed E-state index contributed by atoms with van der Waals surface area (Å²) in [6, 6.07) is 5.85. The van der Waals surface area contributed by atoms with Gasteiger partial charge in [-0.3, -0.25) is 4.79 Å². The summed E-state index contributed by atoms with van der Waals surface area (Å²) in [6.45, 7) is 10.1. The molecule has 3 rings (SSSR count). The predicted octanol–water partition coefficient (Wildman–Crippen LogP) is 3.66. The maximum absolute atomic E-state index is 12.5. The number of benzene rings is 1. The Hall–Kier alpha value is -2.61. The lowest BCUT2D eigenvalue weighted by atomic mass is 10.1. The highest BCUT2D eigenvalue weighted by Crippen LogP contribution is 2.23. The highest BCUT2D eigenvalue weighted by Gasteiger charge is 2.13. The summed E-state index contributed by atoms with van der Waals surface area (Å²) in [5.74, 6) is 1.24. The molecule has 0 aliphatic carbocycles. The minimum Gasteiger partial charge on any atom is -0.369 e. The molecule has 2 N–H and O–H groups in total. The van der Waals surface area contributed by atoms with Crippen LogP contribution in [0.5, 0.6) is 0 Å². The van der Waals surface area contributed by atoms with Crippen molar-refractivity contribution in [3.05, 3.63) is 41.1 Å². The second-order valence-corrected chi connectivity index (χ2v) is 8.34. The molecular formula is C21H28N6OS. The number of carbonyl (C=O) groups is 1. The Morgan fingerprint density at radius 3 is 2.55 bits per heavy atom. The second-order valence-electron chi connectivity index (χ2n) is 7.57. The number of hydrogen-bond donors (Lipinski definition) is 2. The van der Waals surface area contributed by atoms with Gasteiger partial charge in [-0.2, -0.15) is 5.10 Å². The molecule has 0 spiro atoms. The summed E-state index contributed by atoms with van der Waals surface area (Å²) in [4.78, 5) is 21.7. The van der Waals surface area contributed by atoms with E-state index in [-0.39, 0.29) is 5.91 Å². The van der Waals surface area contributed by atoms with Crippen LogP contribution in [0.4, 0.5) is 5.82 Å². The van der Waals surface area contributed by atoms with Crippen LogP contribution in [-0.4, -0.2) is 45.0 Å². The predicted molar refractivity (Wildman–Crippen MR) is 119 cm³/mol. The Bertz CT molecular complexity index is 994. The van der Waals surface area contributed by atoms with Crippen LogP contribution < -0.4 is 10.6 Å². The molecular weight excluding hydrogens is 384 g/mol. The van der Waals surface area contributed by atoms with E-state index in [9.17, 15) is 4.79 Å². The van der Waals surface area contributed by atoms with Crippen molar-refractivity contribution in [1.29, 1.82) is 0 Å². The number of thioether (sulfide) groups is 1. The minimum atomic E-state index is -0.0769. The zero-order valence-corrected chi connectivity index (χ0v) is 18.4. The smallest absolute Gasteiger partial charge is 0.251 e. The van der Waals surface area contributed by atoms with Gasteiger partial charge in [-0.05, 0) is 38.2 Å². The average Bonchev–Trinajstić information content (AvgIpc) is 3.08. The number of nitrogens with one attached hydrogen (secondary N) is 2. The molecule has 7 nitrogen and oxygen atoms in total. The summed E-state index contributed by atoms with van der Waals surface area (Å²) in [6.07, 6.45) is 3.74. The average molecular weight is 413 g/mol. The lowest BCUT2D eigenvalue weighted by Gasteiger charge is -2.11. The molecule has 0 unspecified atom stereocenters. The van der Waals surface area contributed by atoms with E-state index in [0.29, 0.717) is 29.7 Å². The van der Waals surface area contributed by atoms with Gasteiger partial charge in [-0.15, -0.1) is 0 Å². The normalized spacial score (nSPS) is 11.2. The largest absolute Gasteiger partial charge is 0.369 e. The fourth-order valence-corrected chi connectivity index (χ4v) is 3.47. The fraction of sp³-hybridized carbons (Fsp3) is 0.429. The van der Waals surface area contributed by atoms with Crippen molar-refractivity contribution in [3.63, 3.8) is 0 Å². The van der Waals surface area contributed by atoms with Crippen LogP contribution in [0.15, 0.2) is 29.6 Å². The van der Waals surface area contributed by atoms with Gasteiger partial charge in [-0.25, -0.2) is 14.6 Å². The number of hydrogen-bond acceptors (Lipinski definition) is 6. The van der Waals surface area contributed by atoms with Gasteiger partial charge in [0.1, 0.15) is 5.82 Å². The number of nitrogens with zero attached hydrogens (tertiary/aromatic N) is 4. The molecule has 0 aliphatic heterocycles. The van der Waals surface area contributed by atoms with E-state index in [0.717, 1.165) is 34.5 Å². The molecule has 0 fully saturated rings. The second kappa shape index (κ2) is 9.26. The molecule has 3 aromatic rings. The lowest BCUT2D eigenvalue weighted by molar-refractivity contribution is 0.0952. The summed E-state index contributed by atoms with van der Waals surface area (Å²) >= 11 is 1.50. The van der Waals surface area contributed by atoms with Crippen LogP contribution >= 0.6 is 11.8 Å². The Balaban J connectivity index is 1.73. The number of fused-ring (bicyclic) bond motifs is 1. The third-order valence-corrected chi connectivity index (χ3v) is 4.98. The lowest BCUT2D eigenvalue weighted by Crippen LogP contribution is -2.27. The molecule has 2 heterocycles. The molecule has 1 aromatic carbocycles. The van der Waals surface area contributed by atoms with Gasteiger partial charge in [0, 0.05) is 18.7 Å². The van der Waals surface area contributed by atoms with Crippen LogP contribution in [0.1, 0.15) is 35.3 Å². The molecule has 0 saturated heterocycles. The van der Waals surface area contributed by atoms with Crippen molar-refractivity contribution in [2.24, 2.45) is 5.92 Å². The van der Waals surface area contributed by atoms with E-state index in [4.69, 9.17) is 0 Å². The van der Waals surface area contributed by atoms with Crippen LogP contribution in [0, 0.1) is 19.8 Å². The minimum absolute atomic E-state index is 0.0769. The van der Waals surface area contributed by atoms with Gasteiger partial charge in [0.25, 0.3) is 5.91 Å². The van der Waals surface area contributed by atoms with E-state index in [1.807, 2.05) is 36.9 Å². The highest BCUT2D eigenvalue weighted by molar-refractivity contribution is 7.98. The van der Waals surface area contributed by atoms with E-state index in [2.05, 4.69) is 45.6 Å². The first kappa shape index (κ1) is 21.1. The van der Waals surface area contributed by atoms with E-state index in [1.54, 1.807) is 6.20 Å². The Labute approximate surface area is 175 Å². The van der Waals surface area contributed by atoms with Crippen LogP contribution in [0.25, 0.3) is 11.0 Å². The summed E-state index contributed by atoms with van der Waals surface area (Å²) < 4.78 is 1.82. The van der Waals surface area contributed by atoms with Crippen LogP contribution in [0.2, 0.25) is 0 Å². The highest BCUT2D eigenvalue weighted by atomic mass is 32.2. The fourth-order valence-electron chi connectivity index (χ4n) is 3.11. The number of anilines is 1. The van der Waals surface area contributed by atoms with Crippen molar-refractivity contribution in [3.8, 4) is 0 Å². The third kappa shape index (κ3) is 5.26.